The minimum atomic E-state index is -4.27. The van der Waals surface area contributed by atoms with E-state index in [0.29, 0.717) is 4.47 Å². The highest BCUT2D eigenvalue weighted by molar-refractivity contribution is 9.10. The topological polar surface area (TPSA) is 15.8 Å². The van der Waals surface area contributed by atoms with Crippen LogP contribution in [0.5, 0.6) is 0 Å². The lowest BCUT2D eigenvalue weighted by molar-refractivity contribution is -0.140. The minimum Gasteiger partial charge on any atom is -0.357 e. The van der Waals surface area contributed by atoms with Gasteiger partial charge in [-0.25, -0.2) is 0 Å². The number of H-pyrrole nitrogens is 1. The van der Waals surface area contributed by atoms with E-state index in [-0.39, 0.29) is 0 Å². The molecule has 0 unspecified atom stereocenters. The molecule has 1 N–H and O–H groups in total. The van der Waals surface area contributed by atoms with Crippen LogP contribution in [-0.4, -0.2) is 4.98 Å². The SMILES string of the molecule is FC(F)(F)c1cc(Br)c[nH]1. The Hall–Kier alpha value is -0.450. The molecule has 1 rings (SSSR count). The maximum atomic E-state index is 11.7. The Bertz CT molecular complexity index is 227. The van der Waals surface area contributed by atoms with Crippen LogP contribution in [0, 0.1) is 0 Å². The summed E-state index contributed by atoms with van der Waals surface area (Å²) in [7, 11) is 0. The van der Waals surface area contributed by atoms with Crippen molar-refractivity contribution in [3.63, 3.8) is 0 Å². The van der Waals surface area contributed by atoms with Crippen LogP contribution in [-0.2, 0) is 6.18 Å². The van der Waals surface area contributed by atoms with Gasteiger partial charge in [-0.15, -0.1) is 0 Å². The Morgan fingerprint density at radius 3 is 2.20 bits per heavy atom. The molecule has 0 fully saturated rings. The lowest BCUT2D eigenvalue weighted by atomic mass is 10.4. The summed E-state index contributed by atoms with van der Waals surface area (Å²) in [5.74, 6) is 0. The second-order valence-corrected chi connectivity index (χ2v) is 2.65. The molecule has 0 saturated heterocycles. The molecule has 0 aliphatic rings. The molecule has 0 bridgehead atoms. The highest BCUT2D eigenvalue weighted by Gasteiger charge is 2.31. The molecule has 0 amide bonds. The molecule has 0 radical (unpaired) electrons. The number of hydrogen-bond donors (Lipinski definition) is 1. The number of halogens is 4. The van der Waals surface area contributed by atoms with Crippen molar-refractivity contribution in [1.29, 1.82) is 0 Å². The zero-order chi connectivity index (χ0) is 7.78. The standard InChI is InChI=1S/C5H3BrF3N/c6-3-1-4(10-2-3)5(7,8)9/h1-2,10H. The fraction of sp³-hybridized carbons (Fsp3) is 0.200. The molecule has 10 heavy (non-hydrogen) atoms. The fourth-order valence-corrected chi connectivity index (χ4v) is 0.875. The molecule has 1 aromatic rings. The van der Waals surface area contributed by atoms with Gasteiger partial charge < -0.3 is 4.98 Å². The zero-order valence-electron chi connectivity index (χ0n) is 4.67. The first kappa shape index (κ1) is 7.65. The van der Waals surface area contributed by atoms with Crippen molar-refractivity contribution in [1.82, 2.24) is 4.98 Å². The largest absolute Gasteiger partial charge is 0.431 e. The highest BCUT2D eigenvalue weighted by Crippen LogP contribution is 2.29. The summed E-state index contributed by atoms with van der Waals surface area (Å²) in [5, 5.41) is 0. The fourth-order valence-electron chi connectivity index (χ4n) is 0.532. The maximum Gasteiger partial charge on any atom is 0.431 e. The second kappa shape index (κ2) is 2.30. The number of alkyl halides is 3. The molecule has 0 aliphatic heterocycles. The van der Waals surface area contributed by atoms with Gasteiger partial charge in [0, 0.05) is 10.7 Å². The quantitative estimate of drug-likeness (QED) is 0.683. The Kier molecular flexibility index (Phi) is 1.76. The monoisotopic (exact) mass is 213 g/mol. The van der Waals surface area contributed by atoms with E-state index in [2.05, 4.69) is 20.9 Å². The van der Waals surface area contributed by atoms with Gasteiger partial charge >= 0.3 is 6.18 Å². The summed E-state index contributed by atoms with van der Waals surface area (Å²) in [6.45, 7) is 0. The van der Waals surface area contributed by atoms with E-state index in [1.807, 2.05) is 0 Å². The molecule has 1 aromatic heterocycles. The van der Waals surface area contributed by atoms with Crippen LogP contribution in [0.1, 0.15) is 5.69 Å². The van der Waals surface area contributed by atoms with Crippen molar-refractivity contribution < 1.29 is 13.2 Å². The second-order valence-electron chi connectivity index (χ2n) is 1.73. The third-order valence-electron chi connectivity index (χ3n) is 0.953. The molecular weight excluding hydrogens is 211 g/mol. The van der Waals surface area contributed by atoms with Crippen LogP contribution >= 0.6 is 15.9 Å². The Morgan fingerprint density at radius 1 is 1.40 bits per heavy atom. The summed E-state index contributed by atoms with van der Waals surface area (Å²) in [4.78, 5) is 2.07. The van der Waals surface area contributed by atoms with E-state index in [1.165, 1.54) is 6.20 Å². The lowest BCUT2D eigenvalue weighted by Gasteiger charge is -2.00. The lowest BCUT2D eigenvalue weighted by Crippen LogP contribution is -2.04. The van der Waals surface area contributed by atoms with Crippen LogP contribution < -0.4 is 0 Å². The molecular formula is C5H3BrF3N. The molecule has 0 aromatic carbocycles. The van der Waals surface area contributed by atoms with Crippen LogP contribution in [0.15, 0.2) is 16.7 Å². The van der Waals surface area contributed by atoms with E-state index < -0.39 is 11.9 Å². The van der Waals surface area contributed by atoms with E-state index >= 15 is 0 Å². The normalized spacial score (nSPS) is 12.0. The summed E-state index contributed by atoms with van der Waals surface area (Å²) < 4.78 is 35.6. The highest BCUT2D eigenvalue weighted by atomic mass is 79.9. The molecule has 1 nitrogen and oxygen atoms in total. The number of rotatable bonds is 0. The molecule has 0 spiro atoms. The smallest absolute Gasteiger partial charge is 0.357 e. The van der Waals surface area contributed by atoms with Crippen LogP contribution in [0.2, 0.25) is 0 Å². The predicted molar refractivity (Wildman–Crippen MR) is 33.5 cm³/mol. The van der Waals surface area contributed by atoms with Gasteiger partial charge in [-0.3, -0.25) is 0 Å². The van der Waals surface area contributed by atoms with Crippen molar-refractivity contribution in [2.24, 2.45) is 0 Å². The van der Waals surface area contributed by atoms with Crippen LogP contribution in [0.25, 0.3) is 0 Å². The first-order chi connectivity index (χ1) is 4.50. The van der Waals surface area contributed by atoms with Gasteiger partial charge in [-0.1, -0.05) is 0 Å². The molecule has 0 aliphatic carbocycles. The molecule has 1 heterocycles. The van der Waals surface area contributed by atoms with E-state index in [9.17, 15) is 13.2 Å². The van der Waals surface area contributed by atoms with Gasteiger partial charge in [0.05, 0.1) is 0 Å². The molecule has 5 heteroatoms. The Balaban J connectivity index is 2.96. The minimum absolute atomic E-state index is 0.403. The number of nitrogens with one attached hydrogen (secondary N) is 1. The average molecular weight is 214 g/mol. The third-order valence-corrected chi connectivity index (χ3v) is 1.41. The van der Waals surface area contributed by atoms with E-state index in [1.54, 1.807) is 0 Å². The first-order valence-electron chi connectivity index (χ1n) is 2.41. The van der Waals surface area contributed by atoms with Crippen LogP contribution in [0.3, 0.4) is 0 Å². The zero-order valence-corrected chi connectivity index (χ0v) is 6.25. The van der Waals surface area contributed by atoms with E-state index in [4.69, 9.17) is 0 Å². The summed E-state index contributed by atoms with van der Waals surface area (Å²) in [5.41, 5.74) is -0.737. The average Bonchev–Trinajstić information content (AvgIpc) is 2.11. The van der Waals surface area contributed by atoms with Crippen molar-refractivity contribution in [3.05, 3.63) is 22.4 Å². The summed E-state index contributed by atoms with van der Waals surface area (Å²) >= 11 is 2.89. The molecule has 0 atom stereocenters. The van der Waals surface area contributed by atoms with Gasteiger partial charge in [0.25, 0.3) is 0 Å². The van der Waals surface area contributed by atoms with Gasteiger partial charge in [0.15, 0.2) is 0 Å². The van der Waals surface area contributed by atoms with Crippen molar-refractivity contribution in [2.75, 3.05) is 0 Å². The summed E-state index contributed by atoms with van der Waals surface area (Å²) in [6, 6.07) is 0.986. The summed E-state index contributed by atoms with van der Waals surface area (Å²) in [6.07, 6.45) is -3.03. The molecule has 0 saturated carbocycles. The van der Waals surface area contributed by atoms with Gasteiger partial charge in [0.2, 0.25) is 0 Å². The first-order valence-corrected chi connectivity index (χ1v) is 3.20. The van der Waals surface area contributed by atoms with Crippen molar-refractivity contribution in [2.45, 2.75) is 6.18 Å². The third kappa shape index (κ3) is 1.53. The van der Waals surface area contributed by atoms with Gasteiger partial charge in [-0.2, -0.15) is 13.2 Å². The van der Waals surface area contributed by atoms with Crippen molar-refractivity contribution in [3.8, 4) is 0 Å². The number of aromatic amines is 1. The van der Waals surface area contributed by atoms with E-state index in [0.717, 1.165) is 6.07 Å². The van der Waals surface area contributed by atoms with Gasteiger partial charge in [0.1, 0.15) is 5.69 Å². The van der Waals surface area contributed by atoms with Crippen LogP contribution in [0.4, 0.5) is 13.2 Å². The Morgan fingerprint density at radius 2 is 2.00 bits per heavy atom. The number of aromatic nitrogens is 1. The predicted octanol–water partition coefficient (Wildman–Crippen LogP) is 2.80. The maximum absolute atomic E-state index is 11.7. The van der Waals surface area contributed by atoms with Crippen molar-refractivity contribution >= 4 is 15.9 Å². The van der Waals surface area contributed by atoms with Gasteiger partial charge in [-0.05, 0) is 22.0 Å². The number of hydrogen-bond acceptors (Lipinski definition) is 0. The Labute approximate surface area is 63.4 Å². The molecule has 56 valence electrons.